The van der Waals surface area contributed by atoms with Gasteiger partial charge in [-0.25, -0.2) is 4.79 Å². The molecule has 2 N–H and O–H groups in total. The summed E-state index contributed by atoms with van der Waals surface area (Å²) in [4.78, 5) is 12.0. The maximum atomic E-state index is 11.2. The maximum absolute atomic E-state index is 11.2. The van der Waals surface area contributed by atoms with Crippen molar-refractivity contribution >= 4 is 17.3 Å². The number of dihydropyridines is 1. The number of nitrogens with one attached hydrogen (secondary N) is 1. The van der Waals surface area contributed by atoms with Crippen LogP contribution in [0.15, 0.2) is 41.9 Å². The van der Waals surface area contributed by atoms with Gasteiger partial charge in [0.05, 0.1) is 0 Å². The molecule has 14 heavy (non-hydrogen) atoms. The van der Waals surface area contributed by atoms with Gasteiger partial charge in [-0.3, -0.25) is 0 Å². The van der Waals surface area contributed by atoms with Crippen molar-refractivity contribution in [2.24, 2.45) is 0 Å². The predicted octanol–water partition coefficient (Wildman–Crippen LogP) is 1.70. The first-order valence-electron chi connectivity index (χ1n) is 4.15. The molecular formula is C10H9NO2S. The smallest absolute Gasteiger partial charge is 0.339 e. The molecule has 0 bridgehead atoms. The van der Waals surface area contributed by atoms with Crippen molar-refractivity contribution in [3.8, 4) is 0 Å². The molecule has 0 radical (unpaired) electrons. The van der Waals surface area contributed by atoms with Gasteiger partial charge in [0.1, 0.15) is 0 Å². The minimum Gasteiger partial charge on any atom is -0.479 e. The van der Waals surface area contributed by atoms with E-state index in [-0.39, 0.29) is 0 Å². The zero-order valence-corrected chi connectivity index (χ0v) is 8.12. The number of hydrogen-bond donors (Lipinski definition) is 2. The number of allylic oxidation sites excluding steroid dienone is 2. The van der Waals surface area contributed by atoms with E-state index in [4.69, 9.17) is 0 Å². The Morgan fingerprint density at radius 3 is 2.86 bits per heavy atom. The minimum absolute atomic E-state index is 0.783. The number of rotatable bonds is 2. The van der Waals surface area contributed by atoms with Gasteiger partial charge in [-0.05, 0) is 29.8 Å². The molecule has 1 aromatic heterocycles. The van der Waals surface area contributed by atoms with Crippen LogP contribution in [-0.4, -0.2) is 11.1 Å². The lowest BCUT2D eigenvalue weighted by Crippen LogP contribution is -2.45. The second-order valence-corrected chi connectivity index (χ2v) is 3.90. The summed E-state index contributed by atoms with van der Waals surface area (Å²) in [7, 11) is 0. The monoisotopic (exact) mass is 207 g/mol. The molecule has 72 valence electrons. The van der Waals surface area contributed by atoms with Crippen molar-refractivity contribution in [2.45, 2.75) is 5.54 Å². The number of carboxylic acid groups (broad SMARTS) is 1. The van der Waals surface area contributed by atoms with Crippen LogP contribution in [0.1, 0.15) is 4.88 Å². The summed E-state index contributed by atoms with van der Waals surface area (Å²) in [6, 6.07) is 3.66. The number of carboxylic acids is 1. The van der Waals surface area contributed by atoms with Crippen LogP contribution in [0.5, 0.6) is 0 Å². The number of hydrogen-bond acceptors (Lipinski definition) is 3. The van der Waals surface area contributed by atoms with Gasteiger partial charge in [0.25, 0.3) is 0 Å². The molecule has 1 unspecified atom stereocenters. The van der Waals surface area contributed by atoms with E-state index in [1.165, 1.54) is 11.3 Å². The highest BCUT2D eigenvalue weighted by atomic mass is 32.1. The minimum atomic E-state index is -1.08. The normalized spacial score (nSPS) is 24.6. The lowest BCUT2D eigenvalue weighted by Gasteiger charge is -2.27. The van der Waals surface area contributed by atoms with Crippen LogP contribution in [0.2, 0.25) is 0 Å². The van der Waals surface area contributed by atoms with Crippen LogP contribution in [0.25, 0.3) is 0 Å². The average Bonchev–Trinajstić information content (AvgIpc) is 2.72. The first-order valence-corrected chi connectivity index (χ1v) is 5.03. The Kier molecular flexibility index (Phi) is 2.13. The van der Waals surface area contributed by atoms with Crippen LogP contribution < -0.4 is 5.32 Å². The standard InChI is InChI=1S/C10H9NO2S/c12-9(13)10(5-1-2-6-11-10)8-4-3-7-14-8/h1-7,11H,(H,12,13). The predicted molar refractivity (Wildman–Crippen MR) is 55.0 cm³/mol. The van der Waals surface area contributed by atoms with Gasteiger partial charge in [0, 0.05) is 4.88 Å². The van der Waals surface area contributed by atoms with E-state index in [9.17, 15) is 9.90 Å². The zero-order valence-electron chi connectivity index (χ0n) is 7.31. The molecule has 0 spiro atoms. The molecule has 4 heteroatoms. The summed E-state index contributed by atoms with van der Waals surface area (Å²) in [6.07, 6.45) is 6.81. The SMILES string of the molecule is O=C(O)C1(c2cccs2)C=CC=CN1. The van der Waals surface area contributed by atoms with Crippen molar-refractivity contribution in [1.82, 2.24) is 5.32 Å². The molecule has 1 atom stereocenters. The van der Waals surface area contributed by atoms with Crippen LogP contribution in [0, 0.1) is 0 Å². The summed E-state index contributed by atoms with van der Waals surface area (Å²) in [5.74, 6) is -0.888. The summed E-state index contributed by atoms with van der Waals surface area (Å²) >= 11 is 1.43. The summed E-state index contributed by atoms with van der Waals surface area (Å²) in [6.45, 7) is 0. The Bertz CT molecular complexity index is 394. The molecule has 1 aromatic rings. The van der Waals surface area contributed by atoms with E-state index in [1.54, 1.807) is 24.4 Å². The fourth-order valence-corrected chi connectivity index (χ4v) is 2.24. The third kappa shape index (κ3) is 1.24. The zero-order chi connectivity index (χ0) is 10.0. The molecule has 0 saturated carbocycles. The van der Waals surface area contributed by atoms with E-state index in [0.717, 1.165) is 4.88 Å². The molecule has 0 aromatic carbocycles. The molecule has 0 saturated heterocycles. The van der Waals surface area contributed by atoms with E-state index < -0.39 is 11.5 Å². The Hall–Kier alpha value is -1.55. The molecule has 0 fully saturated rings. The second-order valence-electron chi connectivity index (χ2n) is 2.95. The number of carbonyl (C=O) groups is 1. The van der Waals surface area contributed by atoms with E-state index in [2.05, 4.69) is 5.32 Å². The van der Waals surface area contributed by atoms with Crippen molar-refractivity contribution in [1.29, 1.82) is 0 Å². The molecule has 1 aliphatic heterocycles. The van der Waals surface area contributed by atoms with Crippen molar-refractivity contribution in [3.63, 3.8) is 0 Å². The van der Waals surface area contributed by atoms with Gasteiger partial charge in [-0.15, -0.1) is 11.3 Å². The van der Waals surface area contributed by atoms with Gasteiger partial charge in [0.2, 0.25) is 0 Å². The number of aliphatic carboxylic acids is 1. The van der Waals surface area contributed by atoms with Crippen molar-refractivity contribution in [3.05, 3.63) is 46.8 Å². The summed E-state index contributed by atoms with van der Waals surface area (Å²) in [5, 5.41) is 14.0. The van der Waals surface area contributed by atoms with Gasteiger partial charge in [0.15, 0.2) is 5.54 Å². The van der Waals surface area contributed by atoms with E-state index in [1.807, 2.05) is 17.5 Å². The fraction of sp³-hybridized carbons (Fsp3) is 0.100. The van der Waals surface area contributed by atoms with Gasteiger partial charge in [-0.1, -0.05) is 12.1 Å². The Morgan fingerprint density at radius 1 is 1.50 bits per heavy atom. The van der Waals surface area contributed by atoms with Crippen LogP contribution in [-0.2, 0) is 10.3 Å². The first kappa shape index (κ1) is 9.02. The summed E-state index contributed by atoms with van der Waals surface area (Å²) in [5.41, 5.74) is -1.08. The molecule has 3 nitrogen and oxygen atoms in total. The quantitative estimate of drug-likeness (QED) is 0.776. The lowest BCUT2D eigenvalue weighted by molar-refractivity contribution is -0.142. The Morgan fingerprint density at radius 2 is 2.36 bits per heavy atom. The molecule has 2 heterocycles. The van der Waals surface area contributed by atoms with Crippen molar-refractivity contribution < 1.29 is 9.90 Å². The van der Waals surface area contributed by atoms with E-state index >= 15 is 0 Å². The highest BCUT2D eigenvalue weighted by molar-refractivity contribution is 7.10. The average molecular weight is 207 g/mol. The highest BCUT2D eigenvalue weighted by Crippen LogP contribution is 2.29. The van der Waals surface area contributed by atoms with E-state index in [0.29, 0.717) is 0 Å². The fourth-order valence-electron chi connectivity index (χ4n) is 1.38. The van der Waals surface area contributed by atoms with Crippen LogP contribution in [0.3, 0.4) is 0 Å². The van der Waals surface area contributed by atoms with Gasteiger partial charge < -0.3 is 10.4 Å². The Balaban J connectivity index is 2.47. The Labute approximate surface area is 85.4 Å². The topological polar surface area (TPSA) is 49.3 Å². The van der Waals surface area contributed by atoms with Gasteiger partial charge >= 0.3 is 5.97 Å². The number of thiophene rings is 1. The lowest BCUT2D eigenvalue weighted by atomic mass is 9.95. The van der Waals surface area contributed by atoms with Crippen LogP contribution in [0.4, 0.5) is 0 Å². The molecule has 0 amide bonds. The third-order valence-electron chi connectivity index (χ3n) is 2.11. The molecule has 2 rings (SSSR count). The molecule has 1 aliphatic rings. The maximum Gasteiger partial charge on any atom is 0.339 e. The molecule has 0 aliphatic carbocycles. The third-order valence-corrected chi connectivity index (χ3v) is 3.12. The van der Waals surface area contributed by atoms with Crippen LogP contribution >= 0.6 is 11.3 Å². The van der Waals surface area contributed by atoms with Crippen molar-refractivity contribution in [2.75, 3.05) is 0 Å². The van der Waals surface area contributed by atoms with Gasteiger partial charge in [-0.2, -0.15) is 0 Å². The highest BCUT2D eigenvalue weighted by Gasteiger charge is 2.38. The second kappa shape index (κ2) is 3.31. The first-order chi connectivity index (χ1) is 6.76. The molecular weight excluding hydrogens is 198 g/mol. The summed E-state index contributed by atoms with van der Waals surface area (Å²) < 4.78 is 0. The largest absolute Gasteiger partial charge is 0.479 e.